The molecule has 1 aliphatic heterocycles. The van der Waals surface area contributed by atoms with Crippen LogP contribution in [-0.4, -0.2) is 18.9 Å². The van der Waals surface area contributed by atoms with Crippen LogP contribution in [0.2, 0.25) is 0 Å². The van der Waals surface area contributed by atoms with Gasteiger partial charge in [0.05, 0.1) is 5.56 Å². The van der Waals surface area contributed by atoms with E-state index in [1.807, 2.05) is 19.9 Å². The van der Waals surface area contributed by atoms with E-state index in [2.05, 4.69) is 5.32 Å². The Morgan fingerprint density at radius 1 is 1.33 bits per heavy atom. The van der Waals surface area contributed by atoms with E-state index in [9.17, 15) is 9.18 Å². The smallest absolute Gasteiger partial charge is 0.166 e. The maximum Gasteiger partial charge on any atom is 0.166 e. The highest BCUT2D eigenvalue weighted by atomic mass is 19.1. The van der Waals surface area contributed by atoms with Crippen LogP contribution in [0.15, 0.2) is 12.1 Å². The van der Waals surface area contributed by atoms with Crippen molar-refractivity contribution in [2.75, 3.05) is 13.1 Å². The average Bonchev–Trinajstić information content (AvgIpc) is 2.28. The molecule has 3 heteroatoms. The second kappa shape index (κ2) is 5.61. The zero-order valence-corrected chi connectivity index (χ0v) is 11.1. The second-order valence-electron chi connectivity index (χ2n) is 5.26. The van der Waals surface area contributed by atoms with Crippen LogP contribution in [0.4, 0.5) is 4.39 Å². The van der Waals surface area contributed by atoms with Crippen molar-refractivity contribution < 1.29 is 9.18 Å². The van der Waals surface area contributed by atoms with E-state index >= 15 is 0 Å². The van der Waals surface area contributed by atoms with Crippen molar-refractivity contribution in [3.8, 4) is 0 Å². The molecule has 1 aromatic carbocycles. The first-order valence-electron chi connectivity index (χ1n) is 6.58. The number of nitrogens with one attached hydrogen (secondary N) is 1. The van der Waals surface area contributed by atoms with E-state index in [1.165, 1.54) is 6.07 Å². The van der Waals surface area contributed by atoms with E-state index < -0.39 is 0 Å². The molecule has 1 aliphatic rings. The molecule has 0 spiro atoms. The molecule has 1 aromatic rings. The molecule has 2 rings (SSSR count). The number of carbonyl (C=O) groups is 1. The number of carbonyl (C=O) groups excluding carboxylic acids is 1. The largest absolute Gasteiger partial charge is 0.317 e. The van der Waals surface area contributed by atoms with Crippen LogP contribution in [0, 0.1) is 25.6 Å². The summed E-state index contributed by atoms with van der Waals surface area (Å²) in [6.07, 6.45) is 2.50. The van der Waals surface area contributed by atoms with E-state index in [-0.39, 0.29) is 11.6 Å². The maximum atomic E-state index is 13.9. The van der Waals surface area contributed by atoms with Crippen LogP contribution in [-0.2, 0) is 0 Å². The number of Topliss-reactive ketones (excluding diaryl/α,β-unsaturated/α-hetero) is 1. The molecular weight excluding hydrogens is 229 g/mol. The molecule has 0 aliphatic carbocycles. The van der Waals surface area contributed by atoms with E-state index in [0.29, 0.717) is 17.9 Å². The fraction of sp³-hybridized carbons (Fsp3) is 0.533. The highest BCUT2D eigenvalue weighted by Gasteiger charge is 2.21. The van der Waals surface area contributed by atoms with E-state index in [0.717, 1.165) is 37.1 Å². The van der Waals surface area contributed by atoms with Gasteiger partial charge in [-0.05, 0) is 62.9 Å². The number of ketones is 1. The highest BCUT2D eigenvalue weighted by molar-refractivity contribution is 5.97. The molecule has 0 radical (unpaired) electrons. The van der Waals surface area contributed by atoms with Crippen LogP contribution >= 0.6 is 0 Å². The van der Waals surface area contributed by atoms with Crippen LogP contribution in [0.5, 0.6) is 0 Å². The summed E-state index contributed by atoms with van der Waals surface area (Å²) in [7, 11) is 0. The SMILES string of the molecule is Cc1cc(C)c(C(=O)CC2CCNCC2)c(F)c1. The summed E-state index contributed by atoms with van der Waals surface area (Å²) in [6.45, 7) is 5.59. The minimum atomic E-state index is -0.369. The highest BCUT2D eigenvalue weighted by Crippen LogP contribution is 2.23. The first-order chi connectivity index (χ1) is 8.58. The summed E-state index contributed by atoms with van der Waals surface area (Å²) >= 11 is 0. The molecule has 2 nitrogen and oxygen atoms in total. The lowest BCUT2D eigenvalue weighted by Crippen LogP contribution is -2.29. The second-order valence-corrected chi connectivity index (χ2v) is 5.26. The molecule has 0 saturated carbocycles. The molecule has 1 fully saturated rings. The van der Waals surface area contributed by atoms with Gasteiger partial charge in [-0.15, -0.1) is 0 Å². The maximum absolute atomic E-state index is 13.9. The van der Waals surface area contributed by atoms with Crippen molar-refractivity contribution in [1.29, 1.82) is 0 Å². The van der Waals surface area contributed by atoms with Crippen molar-refractivity contribution >= 4 is 5.78 Å². The Morgan fingerprint density at radius 3 is 2.61 bits per heavy atom. The van der Waals surface area contributed by atoms with Crippen LogP contribution in [0.3, 0.4) is 0 Å². The molecule has 0 bridgehead atoms. The van der Waals surface area contributed by atoms with Gasteiger partial charge >= 0.3 is 0 Å². The minimum Gasteiger partial charge on any atom is -0.317 e. The van der Waals surface area contributed by atoms with Gasteiger partial charge in [0.1, 0.15) is 5.82 Å². The van der Waals surface area contributed by atoms with E-state index in [4.69, 9.17) is 0 Å². The fourth-order valence-corrected chi connectivity index (χ4v) is 2.72. The average molecular weight is 249 g/mol. The van der Waals surface area contributed by atoms with Crippen molar-refractivity contribution in [3.63, 3.8) is 0 Å². The number of hydrogen-bond donors (Lipinski definition) is 1. The Kier molecular flexibility index (Phi) is 4.12. The standard InChI is InChI=1S/C15H20FNO/c1-10-7-11(2)15(13(16)8-10)14(18)9-12-3-5-17-6-4-12/h7-8,12,17H,3-6,9H2,1-2H3. The van der Waals surface area contributed by atoms with Gasteiger partial charge in [-0.2, -0.15) is 0 Å². The zero-order chi connectivity index (χ0) is 13.1. The Bertz CT molecular complexity index is 427. The third-order valence-electron chi connectivity index (χ3n) is 3.64. The predicted octanol–water partition coefficient (Wildman–Crippen LogP) is 3.01. The number of hydrogen-bond acceptors (Lipinski definition) is 2. The van der Waals surface area contributed by atoms with Gasteiger partial charge in [0.25, 0.3) is 0 Å². The summed E-state index contributed by atoms with van der Waals surface area (Å²) in [6, 6.07) is 3.32. The molecule has 1 heterocycles. The summed E-state index contributed by atoms with van der Waals surface area (Å²) < 4.78 is 13.9. The third kappa shape index (κ3) is 2.96. The number of benzene rings is 1. The molecule has 1 N–H and O–H groups in total. The molecule has 0 unspecified atom stereocenters. The quantitative estimate of drug-likeness (QED) is 0.834. The minimum absolute atomic E-state index is 0.0445. The lowest BCUT2D eigenvalue weighted by molar-refractivity contribution is 0.0948. The van der Waals surface area contributed by atoms with Gasteiger partial charge in [-0.1, -0.05) is 6.07 Å². The molecular formula is C15H20FNO. The van der Waals surface area contributed by atoms with Gasteiger partial charge in [-0.25, -0.2) is 4.39 Å². The molecule has 18 heavy (non-hydrogen) atoms. The van der Waals surface area contributed by atoms with Crippen molar-refractivity contribution in [2.45, 2.75) is 33.1 Å². The van der Waals surface area contributed by atoms with Gasteiger partial charge in [0.2, 0.25) is 0 Å². The topological polar surface area (TPSA) is 29.1 Å². The van der Waals surface area contributed by atoms with Crippen LogP contribution < -0.4 is 5.32 Å². The third-order valence-corrected chi connectivity index (χ3v) is 3.64. The summed E-state index contributed by atoms with van der Waals surface area (Å²) in [4.78, 5) is 12.2. The number of piperidine rings is 1. The Balaban J connectivity index is 2.13. The first-order valence-corrected chi connectivity index (χ1v) is 6.58. The van der Waals surface area contributed by atoms with Crippen molar-refractivity contribution in [3.05, 3.63) is 34.6 Å². The molecule has 0 aromatic heterocycles. The number of rotatable bonds is 3. The predicted molar refractivity (Wildman–Crippen MR) is 70.4 cm³/mol. The first kappa shape index (κ1) is 13.2. The van der Waals surface area contributed by atoms with Gasteiger partial charge in [0, 0.05) is 6.42 Å². The van der Waals surface area contributed by atoms with Crippen LogP contribution in [0.1, 0.15) is 40.7 Å². The zero-order valence-electron chi connectivity index (χ0n) is 11.1. The van der Waals surface area contributed by atoms with E-state index in [1.54, 1.807) is 0 Å². The lowest BCUT2D eigenvalue weighted by Gasteiger charge is -2.22. The monoisotopic (exact) mass is 249 g/mol. The summed E-state index contributed by atoms with van der Waals surface area (Å²) in [5.41, 5.74) is 1.91. The number of aryl methyl sites for hydroxylation is 2. The molecule has 1 saturated heterocycles. The Hall–Kier alpha value is -1.22. The Labute approximate surface area is 108 Å². The fourth-order valence-electron chi connectivity index (χ4n) is 2.72. The van der Waals surface area contributed by atoms with Crippen molar-refractivity contribution in [1.82, 2.24) is 5.32 Å². The normalized spacial score (nSPS) is 16.8. The van der Waals surface area contributed by atoms with Gasteiger partial charge < -0.3 is 5.32 Å². The van der Waals surface area contributed by atoms with Gasteiger partial charge in [0.15, 0.2) is 5.78 Å². The summed E-state index contributed by atoms with van der Waals surface area (Å²) in [5.74, 6) is -0.0119. The summed E-state index contributed by atoms with van der Waals surface area (Å²) in [5, 5.41) is 3.27. The Morgan fingerprint density at radius 2 is 2.00 bits per heavy atom. The number of halogens is 1. The van der Waals surface area contributed by atoms with Crippen LogP contribution in [0.25, 0.3) is 0 Å². The molecule has 98 valence electrons. The van der Waals surface area contributed by atoms with Crippen molar-refractivity contribution in [2.24, 2.45) is 5.92 Å². The molecule has 0 amide bonds. The lowest BCUT2D eigenvalue weighted by atomic mass is 9.89. The van der Waals surface area contributed by atoms with Gasteiger partial charge in [-0.3, -0.25) is 4.79 Å². The molecule has 0 atom stereocenters.